The summed E-state index contributed by atoms with van der Waals surface area (Å²) in [5, 5.41) is 7.75. The van der Waals surface area contributed by atoms with Gasteiger partial charge < -0.3 is 10.2 Å². The molecule has 1 N–H and O–H groups in total. The lowest BCUT2D eigenvalue weighted by Gasteiger charge is -2.34. The molecule has 0 spiro atoms. The number of rotatable bonds is 3. The number of carbonyl (C=O) groups is 1. The first kappa shape index (κ1) is 18.2. The molecule has 0 saturated carbocycles. The molecule has 0 aliphatic carbocycles. The van der Waals surface area contributed by atoms with E-state index in [2.05, 4.69) is 20.4 Å². The van der Waals surface area contributed by atoms with E-state index in [9.17, 15) is 13.6 Å². The Kier molecular flexibility index (Phi) is 4.35. The Labute approximate surface area is 170 Å². The van der Waals surface area contributed by atoms with Gasteiger partial charge in [0, 0.05) is 41.4 Å². The first-order chi connectivity index (χ1) is 14.6. The summed E-state index contributed by atoms with van der Waals surface area (Å²) in [5.74, 6) is -0.497. The van der Waals surface area contributed by atoms with E-state index >= 15 is 0 Å². The Hall–Kier alpha value is -3.88. The zero-order valence-corrected chi connectivity index (χ0v) is 15.7. The lowest BCUT2D eigenvalue weighted by molar-refractivity contribution is 0.0974. The largest absolute Gasteiger partial charge is 0.322 e. The van der Waals surface area contributed by atoms with Crippen molar-refractivity contribution < 1.29 is 13.6 Å². The number of nitrogens with one attached hydrogen (secondary N) is 1. The quantitative estimate of drug-likeness (QED) is 0.561. The van der Waals surface area contributed by atoms with Crippen LogP contribution in [0, 0.1) is 5.82 Å². The van der Waals surface area contributed by atoms with Crippen molar-refractivity contribution >= 4 is 22.8 Å². The highest BCUT2D eigenvalue weighted by atomic mass is 19.1. The second-order valence-corrected chi connectivity index (χ2v) is 7.04. The van der Waals surface area contributed by atoms with Gasteiger partial charge in [-0.25, -0.2) is 23.2 Å². The van der Waals surface area contributed by atoms with Gasteiger partial charge in [-0.3, -0.25) is 4.98 Å². The fraction of sp³-hybridized carbons (Fsp3) is 0.143. The van der Waals surface area contributed by atoms with Crippen molar-refractivity contribution in [2.75, 3.05) is 18.4 Å². The predicted molar refractivity (Wildman–Crippen MR) is 108 cm³/mol. The van der Waals surface area contributed by atoms with Crippen LogP contribution in [0.1, 0.15) is 0 Å². The molecule has 7 nitrogen and oxygen atoms in total. The fourth-order valence-electron chi connectivity index (χ4n) is 3.30. The lowest BCUT2D eigenvalue weighted by Crippen LogP contribution is -2.53. The first-order valence-electron chi connectivity index (χ1n) is 9.32. The van der Waals surface area contributed by atoms with E-state index in [4.69, 9.17) is 0 Å². The third-order valence-corrected chi connectivity index (χ3v) is 4.94. The maximum Gasteiger partial charge on any atom is 0.322 e. The molecule has 2 amide bonds. The van der Waals surface area contributed by atoms with E-state index < -0.39 is 18.0 Å². The summed E-state index contributed by atoms with van der Waals surface area (Å²) in [7, 11) is 0. The van der Waals surface area contributed by atoms with Gasteiger partial charge in [0.25, 0.3) is 0 Å². The number of amides is 2. The van der Waals surface area contributed by atoms with Crippen LogP contribution in [0.25, 0.3) is 27.8 Å². The van der Waals surface area contributed by atoms with Gasteiger partial charge in [0.05, 0.1) is 13.1 Å². The van der Waals surface area contributed by atoms with E-state index in [-0.39, 0.29) is 18.8 Å². The number of carbonyl (C=O) groups excluding carboxylic acids is 1. The van der Waals surface area contributed by atoms with Gasteiger partial charge >= 0.3 is 6.03 Å². The molecule has 4 aromatic rings. The topological polar surface area (TPSA) is 75.9 Å². The smallest absolute Gasteiger partial charge is 0.319 e. The summed E-state index contributed by atoms with van der Waals surface area (Å²) in [4.78, 5) is 21.8. The maximum absolute atomic E-state index is 14.5. The van der Waals surface area contributed by atoms with Gasteiger partial charge in [0.15, 0.2) is 5.65 Å². The molecule has 1 aliphatic rings. The summed E-state index contributed by atoms with van der Waals surface area (Å²) in [5.41, 5.74) is 2.89. The van der Waals surface area contributed by atoms with Crippen LogP contribution in [-0.4, -0.2) is 49.9 Å². The highest BCUT2D eigenvalue weighted by Crippen LogP contribution is 2.25. The zero-order chi connectivity index (χ0) is 20.7. The van der Waals surface area contributed by atoms with Crippen molar-refractivity contribution in [2.24, 2.45) is 0 Å². The SMILES string of the molecule is O=C(Nc1ccc(F)c(-n2cc3cc(-c4ccncc4)cnc3n2)c1)N1CC(F)C1. The molecule has 0 radical (unpaired) electrons. The molecule has 0 atom stereocenters. The van der Waals surface area contributed by atoms with Crippen LogP contribution in [0.2, 0.25) is 0 Å². The van der Waals surface area contributed by atoms with Crippen LogP contribution in [0.4, 0.5) is 19.3 Å². The van der Waals surface area contributed by atoms with Crippen molar-refractivity contribution in [1.82, 2.24) is 24.6 Å². The normalized spacial score (nSPS) is 14.0. The molecule has 1 aliphatic heterocycles. The number of anilines is 1. The number of hydrogen-bond donors (Lipinski definition) is 1. The minimum absolute atomic E-state index is 0.0654. The van der Waals surface area contributed by atoms with Gasteiger partial charge in [-0.05, 0) is 42.0 Å². The van der Waals surface area contributed by atoms with E-state index in [1.165, 1.54) is 27.8 Å². The van der Waals surface area contributed by atoms with Crippen LogP contribution in [-0.2, 0) is 0 Å². The molecule has 0 unspecified atom stereocenters. The molecule has 4 heterocycles. The molecular weight excluding hydrogens is 390 g/mol. The molecule has 1 aromatic carbocycles. The summed E-state index contributed by atoms with van der Waals surface area (Å²) in [6.45, 7) is 0.131. The van der Waals surface area contributed by atoms with Gasteiger partial charge in [-0.2, -0.15) is 0 Å². The van der Waals surface area contributed by atoms with Gasteiger partial charge in [0.2, 0.25) is 0 Å². The Morgan fingerprint density at radius 3 is 2.67 bits per heavy atom. The highest BCUT2D eigenvalue weighted by Gasteiger charge is 2.30. The summed E-state index contributed by atoms with van der Waals surface area (Å²) in [6, 6.07) is 9.44. The van der Waals surface area contributed by atoms with Gasteiger partial charge in [-0.1, -0.05) is 0 Å². The van der Waals surface area contributed by atoms with Crippen LogP contribution in [0.15, 0.2) is 61.2 Å². The second-order valence-electron chi connectivity index (χ2n) is 7.04. The number of aromatic nitrogens is 4. The van der Waals surface area contributed by atoms with Crippen LogP contribution < -0.4 is 5.32 Å². The van der Waals surface area contributed by atoms with Gasteiger partial charge in [0.1, 0.15) is 17.7 Å². The summed E-state index contributed by atoms with van der Waals surface area (Å²) < 4.78 is 28.8. The molecule has 5 rings (SSSR count). The second kappa shape index (κ2) is 7.18. The Morgan fingerprint density at radius 2 is 1.90 bits per heavy atom. The standard InChI is InChI=1S/C21H16F2N6O/c22-16-11-28(12-16)21(30)26-17-1-2-18(23)19(8-17)29-10-15-7-14(9-25-20(15)27-29)13-3-5-24-6-4-13/h1-10,16H,11-12H2,(H,26,30). The van der Waals surface area contributed by atoms with Crippen molar-refractivity contribution in [3.05, 3.63) is 67.0 Å². The molecule has 150 valence electrons. The molecule has 30 heavy (non-hydrogen) atoms. The average molecular weight is 406 g/mol. The van der Waals surface area contributed by atoms with Gasteiger partial charge in [-0.15, -0.1) is 5.10 Å². The monoisotopic (exact) mass is 406 g/mol. The van der Waals surface area contributed by atoms with Crippen LogP contribution >= 0.6 is 0 Å². The third kappa shape index (κ3) is 3.34. The van der Waals surface area contributed by atoms with E-state index in [0.717, 1.165) is 16.5 Å². The summed E-state index contributed by atoms with van der Waals surface area (Å²) in [6.07, 6.45) is 5.80. The number of alkyl halides is 1. The van der Waals surface area contributed by atoms with E-state index in [0.29, 0.717) is 11.3 Å². The van der Waals surface area contributed by atoms with E-state index in [1.807, 2.05) is 18.2 Å². The Morgan fingerprint density at radius 1 is 1.10 bits per heavy atom. The lowest BCUT2D eigenvalue weighted by atomic mass is 10.1. The maximum atomic E-state index is 14.5. The van der Waals surface area contributed by atoms with Crippen LogP contribution in [0.3, 0.4) is 0 Å². The van der Waals surface area contributed by atoms with Crippen molar-refractivity contribution in [3.63, 3.8) is 0 Å². The number of benzene rings is 1. The van der Waals surface area contributed by atoms with Crippen molar-refractivity contribution in [1.29, 1.82) is 0 Å². The minimum Gasteiger partial charge on any atom is -0.319 e. The number of urea groups is 1. The molecule has 0 bridgehead atoms. The number of halogens is 2. The number of hydrogen-bond acceptors (Lipinski definition) is 4. The molecule has 1 fully saturated rings. The number of pyridine rings is 2. The summed E-state index contributed by atoms with van der Waals surface area (Å²) >= 11 is 0. The highest BCUT2D eigenvalue weighted by molar-refractivity contribution is 5.90. The average Bonchev–Trinajstić information content (AvgIpc) is 3.16. The number of likely N-dealkylation sites (tertiary alicyclic amines) is 1. The molecule has 3 aromatic heterocycles. The molecule has 9 heteroatoms. The third-order valence-electron chi connectivity index (χ3n) is 4.94. The van der Waals surface area contributed by atoms with Crippen molar-refractivity contribution in [2.45, 2.75) is 6.17 Å². The van der Waals surface area contributed by atoms with Crippen LogP contribution in [0.5, 0.6) is 0 Å². The fourth-order valence-corrected chi connectivity index (χ4v) is 3.30. The molecular formula is C21H16F2N6O. The first-order valence-corrected chi connectivity index (χ1v) is 9.32. The molecule has 1 saturated heterocycles. The number of fused-ring (bicyclic) bond motifs is 1. The Bertz CT molecular complexity index is 1240. The van der Waals surface area contributed by atoms with Crippen molar-refractivity contribution in [3.8, 4) is 16.8 Å². The zero-order valence-electron chi connectivity index (χ0n) is 15.7. The Balaban J connectivity index is 1.45. The minimum atomic E-state index is -0.986. The predicted octanol–water partition coefficient (Wildman–Crippen LogP) is 3.81. The number of nitrogens with zero attached hydrogens (tertiary/aromatic N) is 5. The van der Waals surface area contributed by atoms with E-state index in [1.54, 1.807) is 24.8 Å².